The van der Waals surface area contributed by atoms with Crippen LogP contribution in [0.2, 0.25) is 0 Å². The molecule has 2 amide bonds. The number of carboxylic acids is 2. The number of ether oxygens (including phenoxy) is 5. The molecule has 1 saturated carbocycles. The van der Waals surface area contributed by atoms with E-state index in [1.807, 2.05) is 66.4 Å². The SMILES string of the molecule is CCN1CCc2cc(OC)c(OC)cc2C1[C@H]1CC(C(=O)O)(C(=O)O)CC[C@]12c1cc(OC)c(OC)cc1CCN2C(=O)CCN(C)C(=O)OCc1ccccc1. The molecule has 1 spiro atoms. The molecule has 0 aromatic heterocycles. The molecule has 0 saturated heterocycles. The summed E-state index contributed by atoms with van der Waals surface area (Å²) in [7, 11) is 7.78. The van der Waals surface area contributed by atoms with Gasteiger partial charge in [-0.25, -0.2) is 4.79 Å². The van der Waals surface area contributed by atoms with Crippen LogP contribution in [0.3, 0.4) is 0 Å². The maximum atomic E-state index is 14.9. The van der Waals surface area contributed by atoms with E-state index in [1.165, 1.54) is 12.0 Å². The molecule has 14 heteroatoms. The summed E-state index contributed by atoms with van der Waals surface area (Å²) in [6.45, 7) is 3.60. The van der Waals surface area contributed by atoms with Crippen molar-refractivity contribution >= 4 is 23.9 Å². The van der Waals surface area contributed by atoms with Gasteiger partial charge in [0.15, 0.2) is 28.4 Å². The lowest BCUT2D eigenvalue weighted by molar-refractivity contribution is -0.178. The lowest BCUT2D eigenvalue weighted by Crippen LogP contribution is -2.65. The minimum absolute atomic E-state index is 0.0378. The molecule has 57 heavy (non-hydrogen) atoms. The van der Waals surface area contributed by atoms with Crippen molar-refractivity contribution in [1.29, 1.82) is 0 Å². The van der Waals surface area contributed by atoms with E-state index >= 15 is 0 Å². The van der Waals surface area contributed by atoms with Crippen LogP contribution in [-0.4, -0.2) is 111 Å². The second-order valence-corrected chi connectivity index (χ2v) is 15.0. The molecule has 3 atom stereocenters. The second kappa shape index (κ2) is 16.9. The van der Waals surface area contributed by atoms with Gasteiger partial charge in [-0.2, -0.15) is 0 Å². The summed E-state index contributed by atoms with van der Waals surface area (Å²) in [6, 6.07) is 16.4. The quantitative estimate of drug-likeness (QED) is 0.209. The predicted octanol–water partition coefficient (Wildman–Crippen LogP) is 5.53. The fraction of sp³-hybridized carbons (Fsp3) is 0.488. The second-order valence-electron chi connectivity index (χ2n) is 15.0. The van der Waals surface area contributed by atoms with E-state index in [4.69, 9.17) is 23.7 Å². The van der Waals surface area contributed by atoms with Gasteiger partial charge in [0.1, 0.15) is 6.61 Å². The van der Waals surface area contributed by atoms with Crippen LogP contribution >= 0.6 is 0 Å². The first kappa shape index (κ1) is 41.1. The smallest absolute Gasteiger partial charge is 0.409 e. The van der Waals surface area contributed by atoms with Crippen molar-refractivity contribution in [1.82, 2.24) is 14.7 Å². The maximum Gasteiger partial charge on any atom is 0.409 e. The van der Waals surface area contributed by atoms with Crippen molar-refractivity contribution in [2.75, 3.05) is 61.7 Å². The largest absolute Gasteiger partial charge is 0.493 e. The molecule has 0 bridgehead atoms. The van der Waals surface area contributed by atoms with Gasteiger partial charge in [-0.1, -0.05) is 37.3 Å². The molecular formula is C43H53N3O11. The third-order valence-corrected chi connectivity index (χ3v) is 12.4. The van der Waals surface area contributed by atoms with Crippen molar-refractivity contribution in [2.24, 2.45) is 11.3 Å². The van der Waals surface area contributed by atoms with Gasteiger partial charge in [-0.05, 0) is 90.7 Å². The van der Waals surface area contributed by atoms with Gasteiger partial charge in [-0.15, -0.1) is 0 Å². The third-order valence-electron chi connectivity index (χ3n) is 12.4. The molecule has 1 unspecified atom stereocenters. The Balaban J connectivity index is 1.50. The summed E-state index contributed by atoms with van der Waals surface area (Å²) in [5.74, 6) is -1.88. The Morgan fingerprint density at radius 1 is 0.807 bits per heavy atom. The minimum atomic E-state index is -2.13. The van der Waals surface area contributed by atoms with Crippen LogP contribution in [-0.2, 0) is 44.1 Å². The van der Waals surface area contributed by atoms with Gasteiger partial charge in [0.05, 0.1) is 34.0 Å². The summed E-state index contributed by atoms with van der Waals surface area (Å²) in [5.41, 5.74) is 0.981. The highest BCUT2D eigenvalue weighted by Gasteiger charge is 2.64. The Morgan fingerprint density at radius 3 is 2.02 bits per heavy atom. The zero-order valence-corrected chi connectivity index (χ0v) is 33.5. The predicted molar refractivity (Wildman–Crippen MR) is 209 cm³/mol. The maximum absolute atomic E-state index is 14.9. The number of methoxy groups -OCH3 is 4. The fourth-order valence-electron chi connectivity index (χ4n) is 9.39. The zero-order chi connectivity index (χ0) is 41.1. The number of nitrogens with zero attached hydrogens (tertiary/aromatic N) is 3. The van der Waals surface area contributed by atoms with Crippen LogP contribution in [0.15, 0.2) is 54.6 Å². The molecule has 2 aliphatic heterocycles. The average molecular weight is 788 g/mol. The van der Waals surface area contributed by atoms with E-state index in [0.717, 1.165) is 27.8 Å². The standard InChI is InChI=1S/C43H53N3O11/c1-7-45-19-13-28-21-33(53-3)35(55-5)23-30(28)38(45)32-25-42(39(48)49,40(50)51)16-17-43(32)31-24-36(56-6)34(54-4)22-29(31)14-20-46(43)37(47)15-18-44(2)41(52)57-26-27-11-9-8-10-12-27/h8-12,21-24,32,38H,7,13-20,25-26H2,1-6H3,(H,48,49)(H,50,51)/t32-,38?,43+/m1/s1. The van der Waals surface area contributed by atoms with Gasteiger partial charge in [0.25, 0.3) is 0 Å². The van der Waals surface area contributed by atoms with E-state index in [0.29, 0.717) is 48.9 Å². The topological polar surface area (TPSA) is 165 Å². The number of carboxylic acid groups (broad SMARTS) is 2. The van der Waals surface area contributed by atoms with Gasteiger partial charge in [-0.3, -0.25) is 19.3 Å². The molecule has 306 valence electrons. The highest BCUT2D eigenvalue weighted by molar-refractivity contribution is 5.98. The lowest BCUT2D eigenvalue weighted by atomic mass is 9.54. The minimum Gasteiger partial charge on any atom is -0.493 e. The molecule has 3 aromatic rings. The van der Waals surface area contributed by atoms with E-state index in [9.17, 15) is 29.4 Å². The molecule has 0 radical (unpaired) electrons. The molecule has 6 rings (SSSR count). The number of aliphatic carboxylic acids is 2. The molecule has 1 fully saturated rings. The number of likely N-dealkylation sites (N-methyl/N-ethyl adjacent to an activating group) is 1. The molecule has 3 aromatic carbocycles. The lowest BCUT2D eigenvalue weighted by Gasteiger charge is -2.60. The van der Waals surface area contributed by atoms with Crippen LogP contribution in [0.5, 0.6) is 23.0 Å². The highest BCUT2D eigenvalue weighted by Crippen LogP contribution is 2.61. The monoisotopic (exact) mass is 787 g/mol. The Hall–Kier alpha value is -5.50. The summed E-state index contributed by atoms with van der Waals surface area (Å²) in [4.78, 5) is 59.9. The number of hydrogen-bond acceptors (Lipinski definition) is 10. The molecule has 1 aliphatic carbocycles. The summed E-state index contributed by atoms with van der Waals surface area (Å²) < 4.78 is 28.5. The normalized spacial score (nSPS) is 21.1. The Bertz CT molecular complexity index is 1970. The van der Waals surface area contributed by atoms with Gasteiger partial charge in [0, 0.05) is 45.1 Å². The molecule has 2 heterocycles. The Labute approximate surface area is 333 Å². The molecule has 3 aliphatic rings. The number of hydrogen-bond donors (Lipinski definition) is 2. The number of amides is 2. The first-order chi connectivity index (χ1) is 27.4. The number of carbonyl (C=O) groups excluding carboxylic acids is 2. The summed E-state index contributed by atoms with van der Waals surface area (Å²) in [6.07, 6.45) is 0.0337. The van der Waals surface area contributed by atoms with Crippen LogP contribution < -0.4 is 18.9 Å². The van der Waals surface area contributed by atoms with E-state index in [1.54, 1.807) is 28.4 Å². The van der Waals surface area contributed by atoms with Crippen molar-refractivity contribution in [3.63, 3.8) is 0 Å². The summed E-state index contributed by atoms with van der Waals surface area (Å²) in [5, 5.41) is 21.5. The number of carbonyl (C=O) groups is 4. The van der Waals surface area contributed by atoms with Crippen LogP contribution in [0.1, 0.15) is 66.5 Å². The van der Waals surface area contributed by atoms with Crippen LogP contribution in [0, 0.1) is 11.3 Å². The van der Waals surface area contributed by atoms with Crippen molar-refractivity contribution in [2.45, 2.75) is 63.6 Å². The van der Waals surface area contributed by atoms with E-state index in [-0.39, 0.29) is 51.3 Å². The van der Waals surface area contributed by atoms with Crippen molar-refractivity contribution in [3.8, 4) is 23.0 Å². The van der Waals surface area contributed by atoms with E-state index < -0.39 is 40.9 Å². The highest BCUT2D eigenvalue weighted by atomic mass is 16.6. The Morgan fingerprint density at radius 2 is 1.40 bits per heavy atom. The molecular weight excluding hydrogens is 734 g/mol. The Kier molecular flexibility index (Phi) is 12.2. The average Bonchev–Trinajstić information content (AvgIpc) is 3.23. The first-order valence-corrected chi connectivity index (χ1v) is 19.3. The first-order valence-electron chi connectivity index (χ1n) is 19.3. The number of rotatable bonds is 13. The fourth-order valence-corrected chi connectivity index (χ4v) is 9.39. The molecule has 2 N–H and O–H groups in total. The third kappa shape index (κ3) is 7.42. The van der Waals surface area contributed by atoms with Gasteiger partial charge in [0.2, 0.25) is 5.91 Å². The van der Waals surface area contributed by atoms with Gasteiger partial charge < -0.3 is 43.7 Å². The number of benzene rings is 3. The van der Waals surface area contributed by atoms with Crippen LogP contribution in [0.25, 0.3) is 0 Å². The number of fused-ring (bicyclic) bond motifs is 3. The van der Waals surface area contributed by atoms with Crippen LogP contribution in [0.4, 0.5) is 4.79 Å². The van der Waals surface area contributed by atoms with Crippen molar-refractivity contribution < 1.29 is 53.1 Å². The zero-order valence-electron chi connectivity index (χ0n) is 33.5. The molecule has 14 nitrogen and oxygen atoms in total. The van der Waals surface area contributed by atoms with Gasteiger partial charge >= 0.3 is 18.0 Å². The summed E-state index contributed by atoms with van der Waals surface area (Å²) >= 11 is 0. The van der Waals surface area contributed by atoms with Crippen molar-refractivity contribution in [3.05, 3.63) is 82.4 Å². The van der Waals surface area contributed by atoms with E-state index in [2.05, 4.69) is 4.90 Å².